The van der Waals surface area contributed by atoms with E-state index in [0.717, 1.165) is 16.9 Å². The molecule has 6 nitrogen and oxygen atoms in total. The van der Waals surface area contributed by atoms with Crippen LogP contribution >= 0.6 is 0 Å². The Morgan fingerprint density at radius 2 is 1.54 bits per heavy atom. The van der Waals surface area contributed by atoms with Crippen molar-refractivity contribution in [2.24, 2.45) is 0 Å². The molecule has 0 unspecified atom stereocenters. The highest BCUT2D eigenvalue weighted by atomic mass is 16.5. The summed E-state index contributed by atoms with van der Waals surface area (Å²) in [6, 6.07) is 14.3. The number of ether oxygens (including phenoxy) is 1. The largest absolute Gasteiger partial charge is 0.508 e. The number of methoxy groups -OCH3 is 1. The lowest BCUT2D eigenvalue weighted by molar-refractivity contribution is 0.415. The van der Waals surface area contributed by atoms with Crippen molar-refractivity contribution < 1.29 is 14.9 Å². The number of imidazole rings is 1. The zero-order chi connectivity index (χ0) is 18.3. The van der Waals surface area contributed by atoms with Crippen molar-refractivity contribution in [1.29, 1.82) is 0 Å². The summed E-state index contributed by atoms with van der Waals surface area (Å²) in [5, 5.41) is 19.9. The van der Waals surface area contributed by atoms with Gasteiger partial charge in [-0.1, -0.05) is 0 Å². The molecular formula is C20H17N3O3. The van der Waals surface area contributed by atoms with E-state index in [-0.39, 0.29) is 11.6 Å². The van der Waals surface area contributed by atoms with Crippen molar-refractivity contribution >= 4 is 5.65 Å². The molecule has 0 fully saturated rings. The second kappa shape index (κ2) is 6.07. The second-order valence-corrected chi connectivity index (χ2v) is 5.96. The second-order valence-electron chi connectivity index (χ2n) is 5.96. The van der Waals surface area contributed by atoms with Gasteiger partial charge >= 0.3 is 0 Å². The van der Waals surface area contributed by atoms with Gasteiger partial charge in [0.1, 0.15) is 22.9 Å². The molecule has 0 aliphatic carbocycles. The van der Waals surface area contributed by atoms with Gasteiger partial charge in [0, 0.05) is 17.3 Å². The van der Waals surface area contributed by atoms with Gasteiger partial charge in [0.2, 0.25) is 5.88 Å². The standard InChI is InChI=1S/C20H17N3O3/c1-12-20(25)23-11-17(13-3-7-15(24)8-4-13)22-18(19(23)21-12)14-5-9-16(26-2)10-6-14/h3-11,24-25H,1-2H3. The molecule has 2 heterocycles. The van der Waals surface area contributed by atoms with E-state index in [0.29, 0.717) is 22.7 Å². The zero-order valence-corrected chi connectivity index (χ0v) is 14.3. The Hall–Kier alpha value is -3.54. The predicted molar refractivity (Wildman–Crippen MR) is 98.5 cm³/mol. The lowest BCUT2D eigenvalue weighted by Gasteiger charge is -2.09. The highest BCUT2D eigenvalue weighted by Gasteiger charge is 2.16. The average molecular weight is 347 g/mol. The van der Waals surface area contributed by atoms with Gasteiger partial charge in [-0.2, -0.15) is 0 Å². The minimum absolute atomic E-state index is 0.0807. The van der Waals surface area contributed by atoms with E-state index in [9.17, 15) is 10.2 Å². The molecule has 0 atom stereocenters. The van der Waals surface area contributed by atoms with Gasteiger partial charge in [-0.25, -0.2) is 9.97 Å². The zero-order valence-electron chi connectivity index (χ0n) is 14.3. The van der Waals surface area contributed by atoms with Crippen LogP contribution in [0.5, 0.6) is 17.4 Å². The molecule has 130 valence electrons. The van der Waals surface area contributed by atoms with E-state index in [1.807, 2.05) is 24.3 Å². The number of nitrogens with zero attached hydrogens (tertiary/aromatic N) is 3. The number of aromatic hydroxyl groups is 2. The van der Waals surface area contributed by atoms with Crippen molar-refractivity contribution in [1.82, 2.24) is 14.4 Å². The monoisotopic (exact) mass is 347 g/mol. The van der Waals surface area contributed by atoms with Crippen molar-refractivity contribution in [2.45, 2.75) is 6.92 Å². The topological polar surface area (TPSA) is 79.9 Å². The number of phenols is 1. The quantitative estimate of drug-likeness (QED) is 0.589. The maximum atomic E-state index is 10.4. The van der Waals surface area contributed by atoms with Crippen LogP contribution in [-0.2, 0) is 0 Å². The highest BCUT2D eigenvalue weighted by Crippen LogP contribution is 2.31. The number of fused-ring (bicyclic) bond motifs is 1. The minimum atomic E-state index is 0.0807. The summed E-state index contributed by atoms with van der Waals surface area (Å²) in [5.41, 5.74) is 4.11. The van der Waals surface area contributed by atoms with Gasteiger partial charge in [-0.3, -0.25) is 4.40 Å². The maximum absolute atomic E-state index is 10.4. The maximum Gasteiger partial charge on any atom is 0.219 e. The molecule has 0 aliphatic heterocycles. The summed E-state index contributed by atoms with van der Waals surface area (Å²) in [5.74, 6) is 1.02. The summed E-state index contributed by atoms with van der Waals surface area (Å²) in [6.45, 7) is 1.75. The van der Waals surface area contributed by atoms with Crippen LogP contribution in [0.1, 0.15) is 5.69 Å². The first-order valence-electron chi connectivity index (χ1n) is 8.09. The molecule has 2 aromatic heterocycles. The van der Waals surface area contributed by atoms with Crippen LogP contribution in [0.4, 0.5) is 0 Å². The molecule has 0 spiro atoms. The Kier molecular flexibility index (Phi) is 3.73. The van der Waals surface area contributed by atoms with Crippen molar-refractivity contribution in [3.63, 3.8) is 0 Å². The molecule has 2 N–H and O–H groups in total. The number of hydrogen-bond acceptors (Lipinski definition) is 5. The fourth-order valence-electron chi connectivity index (χ4n) is 2.86. The molecule has 0 aliphatic rings. The Morgan fingerprint density at radius 3 is 2.19 bits per heavy atom. The Morgan fingerprint density at radius 1 is 0.885 bits per heavy atom. The molecule has 0 amide bonds. The average Bonchev–Trinajstić information content (AvgIpc) is 2.96. The summed E-state index contributed by atoms with van der Waals surface area (Å²) >= 11 is 0. The Balaban J connectivity index is 1.97. The smallest absolute Gasteiger partial charge is 0.219 e. The molecule has 4 aromatic rings. The number of aryl methyl sites for hydroxylation is 1. The van der Waals surface area contributed by atoms with Crippen LogP contribution in [0.15, 0.2) is 54.7 Å². The van der Waals surface area contributed by atoms with E-state index in [1.165, 1.54) is 0 Å². The highest BCUT2D eigenvalue weighted by molar-refractivity contribution is 5.78. The van der Waals surface area contributed by atoms with Gasteiger partial charge in [0.05, 0.1) is 12.8 Å². The third-order valence-corrected chi connectivity index (χ3v) is 4.28. The first-order chi connectivity index (χ1) is 12.6. The van der Waals surface area contributed by atoms with E-state index in [2.05, 4.69) is 4.98 Å². The van der Waals surface area contributed by atoms with E-state index in [1.54, 1.807) is 48.9 Å². The third kappa shape index (κ3) is 2.61. The number of hydrogen-bond donors (Lipinski definition) is 2. The van der Waals surface area contributed by atoms with E-state index >= 15 is 0 Å². The molecule has 4 rings (SSSR count). The van der Waals surface area contributed by atoms with Gasteiger partial charge < -0.3 is 14.9 Å². The number of rotatable bonds is 3. The summed E-state index contributed by atoms with van der Waals surface area (Å²) in [7, 11) is 1.62. The van der Waals surface area contributed by atoms with Crippen LogP contribution in [0.2, 0.25) is 0 Å². The van der Waals surface area contributed by atoms with E-state index in [4.69, 9.17) is 9.72 Å². The van der Waals surface area contributed by atoms with E-state index < -0.39 is 0 Å². The summed E-state index contributed by atoms with van der Waals surface area (Å²) < 4.78 is 6.84. The molecule has 6 heteroatoms. The molecule has 0 saturated carbocycles. The first-order valence-corrected chi connectivity index (χ1v) is 8.09. The summed E-state index contributed by atoms with van der Waals surface area (Å²) in [6.07, 6.45) is 1.74. The van der Waals surface area contributed by atoms with Gasteiger partial charge in [-0.05, 0) is 55.5 Å². The summed E-state index contributed by atoms with van der Waals surface area (Å²) in [4.78, 5) is 9.22. The lowest BCUT2D eigenvalue weighted by Crippen LogP contribution is -1.96. The van der Waals surface area contributed by atoms with Crippen LogP contribution < -0.4 is 4.74 Å². The SMILES string of the molecule is COc1ccc(-c2nc(-c3ccc(O)cc3)cn3c(O)c(C)nc23)cc1. The molecule has 2 aromatic carbocycles. The van der Waals surface area contributed by atoms with Crippen LogP contribution in [0.25, 0.3) is 28.2 Å². The molecule has 0 bridgehead atoms. The first kappa shape index (κ1) is 16.0. The Bertz CT molecular complexity index is 1080. The molecule has 0 saturated heterocycles. The number of phenolic OH excluding ortho intramolecular Hbond substituents is 1. The number of benzene rings is 2. The van der Waals surface area contributed by atoms with Crippen molar-refractivity contribution in [3.05, 3.63) is 60.4 Å². The van der Waals surface area contributed by atoms with Crippen LogP contribution in [0, 0.1) is 6.92 Å². The fraction of sp³-hybridized carbons (Fsp3) is 0.100. The Labute approximate surface area is 150 Å². The molecule has 0 radical (unpaired) electrons. The van der Waals surface area contributed by atoms with Crippen LogP contribution in [0.3, 0.4) is 0 Å². The normalized spacial score (nSPS) is 11.0. The predicted octanol–water partition coefficient (Wildman–Crippen LogP) is 3.79. The third-order valence-electron chi connectivity index (χ3n) is 4.28. The minimum Gasteiger partial charge on any atom is -0.508 e. The van der Waals surface area contributed by atoms with Crippen molar-refractivity contribution in [3.8, 4) is 39.9 Å². The lowest BCUT2D eigenvalue weighted by atomic mass is 10.1. The molecular weight excluding hydrogens is 330 g/mol. The van der Waals surface area contributed by atoms with Gasteiger partial charge in [0.25, 0.3) is 0 Å². The van der Waals surface area contributed by atoms with Crippen molar-refractivity contribution in [2.75, 3.05) is 7.11 Å². The fourth-order valence-corrected chi connectivity index (χ4v) is 2.86. The van der Waals surface area contributed by atoms with Gasteiger partial charge in [-0.15, -0.1) is 0 Å². The van der Waals surface area contributed by atoms with Crippen LogP contribution in [-0.4, -0.2) is 31.7 Å². The number of aromatic nitrogens is 3. The molecule has 26 heavy (non-hydrogen) atoms. The van der Waals surface area contributed by atoms with Gasteiger partial charge in [0.15, 0.2) is 5.65 Å².